The van der Waals surface area contributed by atoms with E-state index in [-0.39, 0.29) is 6.29 Å². The molecule has 0 bridgehead atoms. The van der Waals surface area contributed by atoms with Gasteiger partial charge in [-0.15, -0.1) is 0 Å². The fourth-order valence-corrected chi connectivity index (χ4v) is 1.17. The topological polar surface area (TPSA) is 216 Å². The average molecular weight is 344 g/mol. The van der Waals surface area contributed by atoms with Gasteiger partial charge in [0.15, 0.2) is 12.1 Å². The smallest absolute Gasteiger partial charge is 0.189 e. The number of aliphatic hydroxyl groups excluding tert-OH is 9. The summed E-state index contributed by atoms with van der Waals surface area (Å²) in [4.78, 5) is 20.4. The molecule has 0 rings (SSSR count). The van der Waals surface area contributed by atoms with Gasteiger partial charge in [-0.2, -0.15) is 0 Å². The first kappa shape index (κ1) is 24.2. The number of Topliss-reactive ketones (excluding diaryl/α,β-unsaturated/α-hetero) is 1. The highest BCUT2D eigenvalue weighted by Gasteiger charge is 2.29. The van der Waals surface area contributed by atoms with Gasteiger partial charge in [-0.05, 0) is 6.92 Å². The minimum atomic E-state index is -1.86. The minimum absolute atomic E-state index is 0.0935. The van der Waals surface area contributed by atoms with Crippen LogP contribution in [0.3, 0.4) is 0 Å². The van der Waals surface area contributed by atoms with Crippen LogP contribution in [-0.4, -0.2) is 114 Å². The van der Waals surface area contributed by atoms with Gasteiger partial charge in [0, 0.05) is 0 Å². The molecule has 9 N–H and O–H groups in total. The van der Waals surface area contributed by atoms with Crippen LogP contribution >= 0.6 is 0 Å². The monoisotopic (exact) mass is 344 g/mol. The van der Waals surface area contributed by atoms with E-state index in [1.54, 1.807) is 0 Å². The molecule has 138 valence electrons. The Bertz CT molecular complexity index is 335. The molecule has 0 amide bonds. The molecule has 0 aromatic heterocycles. The number of rotatable bonds is 9. The highest BCUT2D eigenvalue weighted by molar-refractivity contribution is 5.84. The Labute approximate surface area is 131 Å². The van der Waals surface area contributed by atoms with Crippen molar-refractivity contribution in [2.45, 2.75) is 49.7 Å². The van der Waals surface area contributed by atoms with E-state index >= 15 is 0 Å². The van der Waals surface area contributed by atoms with Gasteiger partial charge in [-0.1, -0.05) is 0 Å². The highest BCUT2D eigenvalue weighted by Crippen LogP contribution is 2.02. The molecule has 0 aliphatic heterocycles. The SMILES string of the molecule is C[C@@H](O)[C@@H](O)[C@H](O)[C@H](O)C=O.O=C(CO)[C@@H](O)[C@H](O)[C@H](O)CO. The van der Waals surface area contributed by atoms with Gasteiger partial charge in [-0.25, -0.2) is 0 Å². The molecule has 0 spiro atoms. The van der Waals surface area contributed by atoms with Crippen molar-refractivity contribution in [3.05, 3.63) is 0 Å². The van der Waals surface area contributed by atoms with Crippen molar-refractivity contribution < 1.29 is 55.5 Å². The van der Waals surface area contributed by atoms with Gasteiger partial charge in [0.05, 0.1) is 12.7 Å². The number of hydrogen-bond donors (Lipinski definition) is 9. The standard InChI is InChI=1S/C6H12O6.C6H12O5/c7-1-3(9)5(11)6(12)4(10)2-8;1-3(8)5(10)6(11)4(9)2-7/h3,5-9,11-12H,1-2H2;2-6,8-11H,1H3/t3-,5-,6-;3-,4-,5-,6-/m11/s1. The van der Waals surface area contributed by atoms with E-state index in [1.165, 1.54) is 6.92 Å². The van der Waals surface area contributed by atoms with Crippen molar-refractivity contribution >= 4 is 12.1 Å². The molecule has 0 aliphatic rings. The largest absolute Gasteiger partial charge is 0.394 e. The first-order valence-corrected chi connectivity index (χ1v) is 6.51. The molecule has 7 atom stereocenters. The summed E-state index contributed by atoms with van der Waals surface area (Å²) >= 11 is 0. The maximum atomic E-state index is 10.5. The Morgan fingerprint density at radius 1 is 0.913 bits per heavy atom. The van der Waals surface area contributed by atoms with E-state index in [4.69, 9.17) is 46.0 Å². The van der Waals surface area contributed by atoms with Crippen LogP contribution in [0.4, 0.5) is 0 Å². The lowest BCUT2D eigenvalue weighted by Crippen LogP contribution is -2.44. The zero-order chi connectivity index (χ0) is 18.7. The summed E-state index contributed by atoms with van der Waals surface area (Å²) in [6.07, 6.45) is -11.1. The summed E-state index contributed by atoms with van der Waals surface area (Å²) in [5.41, 5.74) is 0. The van der Waals surface area contributed by atoms with E-state index in [1.807, 2.05) is 0 Å². The first-order chi connectivity index (χ1) is 10.5. The van der Waals surface area contributed by atoms with Crippen molar-refractivity contribution in [2.75, 3.05) is 13.2 Å². The molecule has 11 heteroatoms. The fraction of sp³-hybridized carbons (Fsp3) is 0.833. The van der Waals surface area contributed by atoms with Crippen LogP contribution in [0.25, 0.3) is 0 Å². The maximum absolute atomic E-state index is 10.5. The number of aliphatic hydroxyl groups is 9. The molecule has 0 heterocycles. The third kappa shape index (κ3) is 9.00. The van der Waals surface area contributed by atoms with Crippen molar-refractivity contribution in [3.8, 4) is 0 Å². The van der Waals surface area contributed by atoms with Crippen LogP contribution in [0.1, 0.15) is 6.92 Å². The van der Waals surface area contributed by atoms with Crippen LogP contribution in [0.2, 0.25) is 0 Å². The molecule has 0 saturated heterocycles. The van der Waals surface area contributed by atoms with Crippen molar-refractivity contribution in [1.29, 1.82) is 0 Å². The van der Waals surface area contributed by atoms with E-state index in [2.05, 4.69) is 0 Å². The number of hydrogen-bond acceptors (Lipinski definition) is 11. The summed E-state index contributed by atoms with van der Waals surface area (Å²) < 4.78 is 0. The third-order valence-corrected chi connectivity index (χ3v) is 2.72. The van der Waals surface area contributed by atoms with Crippen molar-refractivity contribution in [1.82, 2.24) is 0 Å². The molecular formula is C12H24O11. The second-order valence-corrected chi connectivity index (χ2v) is 4.66. The number of carbonyl (C=O) groups excluding carboxylic acids is 2. The van der Waals surface area contributed by atoms with Crippen molar-refractivity contribution in [2.24, 2.45) is 0 Å². The molecule has 11 nitrogen and oxygen atoms in total. The Kier molecular flexibility index (Phi) is 13.1. The molecular weight excluding hydrogens is 320 g/mol. The quantitative estimate of drug-likeness (QED) is 0.179. The molecule has 0 aromatic carbocycles. The van der Waals surface area contributed by atoms with Crippen LogP contribution < -0.4 is 0 Å². The van der Waals surface area contributed by atoms with E-state index in [0.717, 1.165) is 0 Å². The highest BCUT2D eigenvalue weighted by atomic mass is 16.4. The summed E-state index contributed by atoms with van der Waals surface area (Å²) in [5, 5.41) is 78.2. The predicted octanol–water partition coefficient (Wildman–Crippen LogP) is -5.73. The normalized spacial score (nSPS) is 20.1. The predicted molar refractivity (Wildman–Crippen MR) is 73.0 cm³/mol. The van der Waals surface area contributed by atoms with Gasteiger partial charge in [0.2, 0.25) is 0 Å². The second kappa shape index (κ2) is 12.4. The van der Waals surface area contributed by atoms with Crippen LogP contribution in [0, 0.1) is 0 Å². The fourth-order valence-electron chi connectivity index (χ4n) is 1.17. The van der Waals surface area contributed by atoms with Gasteiger partial charge < -0.3 is 50.8 Å². The lowest BCUT2D eigenvalue weighted by atomic mass is 10.1. The molecule has 0 radical (unpaired) electrons. The van der Waals surface area contributed by atoms with Gasteiger partial charge in [0.25, 0.3) is 0 Å². The Hall–Kier alpha value is -1.02. The molecule has 0 saturated carbocycles. The third-order valence-electron chi connectivity index (χ3n) is 2.72. The summed E-state index contributed by atoms with van der Waals surface area (Å²) in [6.45, 7) is -0.446. The van der Waals surface area contributed by atoms with Crippen molar-refractivity contribution in [3.63, 3.8) is 0 Å². The molecule has 0 unspecified atom stereocenters. The average Bonchev–Trinajstić information content (AvgIpc) is 2.56. The Balaban J connectivity index is 0. The van der Waals surface area contributed by atoms with Gasteiger partial charge in [-0.3, -0.25) is 4.79 Å². The maximum Gasteiger partial charge on any atom is 0.189 e. The summed E-state index contributed by atoms with van der Waals surface area (Å²) in [7, 11) is 0. The Morgan fingerprint density at radius 2 is 1.39 bits per heavy atom. The van der Waals surface area contributed by atoms with E-state index in [9.17, 15) is 9.59 Å². The zero-order valence-corrected chi connectivity index (χ0v) is 12.4. The number of ketones is 1. The first-order valence-electron chi connectivity index (χ1n) is 6.51. The number of aldehydes is 1. The van der Waals surface area contributed by atoms with Crippen LogP contribution in [-0.2, 0) is 9.59 Å². The minimum Gasteiger partial charge on any atom is -0.394 e. The van der Waals surface area contributed by atoms with Gasteiger partial charge >= 0.3 is 0 Å². The molecule has 0 aliphatic carbocycles. The van der Waals surface area contributed by atoms with Crippen LogP contribution in [0.5, 0.6) is 0 Å². The Morgan fingerprint density at radius 3 is 1.70 bits per heavy atom. The molecule has 0 fully saturated rings. The zero-order valence-electron chi connectivity index (χ0n) is 12.4. The number of carbonyl (C=O) groups is 2. The molecule has 0 aromatic rings. The van der Waals surface area contributed by atoms with Gasteiger partial charge in [0.1, 0.15) is 43.2 Å². The van der Waals surface area contributed by atoms with E-state index in [0.29, 0.717) is 0 Å². The lowest BCUT2D eigenvalue weighted by Gasteiger charge is -2.21. The summed E-state index contributed by atoms with van der Waals surface area (Å²) in [5.74, 6) is -1.00. The lowest BCUT2D eigenvalue weighted by molar-refractivity contribution is -0.142. The van der Waals surface area contributed by atoms with Crippen LogP contribution in [0.15, 0.2) is 0 Å². The second-order valence-electron chi connectivity index (χ2n) is 4.66. The molecule has 23 heavy (non-hydrogen) atoms. The van der Waals surface area contributed by atoms with E-state index < -0.39 is 61.7 Å². The summed E-state index contributed by atoms with van der Waals surface area (Å²) in [6, 6.07) is 0.